The van der Waals surface area contributed by atoms with Crippen LogP contribution in [0.25, 0.3) is 0 Å². The minimum Gasteiger partial charge on any atom is -0.478 e. The first-order chi connectivity index (χ1) is 10.3. The smallest absolute Gasteiger partial charge is 0.416 e. The van der Waals surface area contributed by atoms with E-state index in [0.29, 0.717) is 17.8 Å². The molecular formula is C15H10F3NO3. The van der Waals surface area contributed by atoms with E-state index in [1.165, 1.54) is 12.1 Å². The number of benzene rings is 2. The molecule has 7 heteroatoms. The maximum Gasteiger partial charge on any atom is 0.416 e. The highest BCUT2D eigenvalue weighted by atomic mass is 19.4. The second kappa shape index (κ2) is 5.88. The van der Waals surface area contributed by atoms with Gasteiger partial charge in [-0.25, -0.2) is 4.79 Å². The van der Waals surface area contributed by atoms with Crippen LogP contribution in [0.4, 0.5) is 18.9 Å². The predicted octanol–water partition coefficient (Wildman–Crippen LogP) is 3.66. The molecule has 0 atom stereocenters. The molecule has 0 aliphatic rings. The number of hydrogen-bond donors (Lipinski definition) is 2. The Morgan fingerprint density at radius 2 is 1.59 bits per heavy atom. The third kappa shape index (κ3) is 3.43. The number of para-hydroxylation sites is 1. The van der Waals surface area contributed by atoms with Gasteiger partial charge in [0.15, 0.2) is 0 Å². The Hall–Kier alpha value is -2.83. The molecule has 0 aliphatic heterocycles. The van der Waals surface area contributed by atoms with Crippen molar-refractivity contribution >= 4 is 17.6 Å². The van der Waals surface area contributed by atoms with Crippen LogP contribution in [0.3, 0.4) is 0 Å². The molecule has 0 unspecified atom stereocenters. The number of hydrogen-bond acceptors (Lipinski definition) is 2. The van der Waals surface area contributed by atoms with Crippen molar-refractivity contribution in [1.82, 2.24) is 0 Å². The molecule has 2 aromatic rings. The number of amides is 1. The van der Waals surface area contributed by atoms with Gasteiger partial charge in [-0.15, -0.1) is 0 Å². The van der Waals surface area contributed by atoms with Gasteiger partial charge in [-0.05, 0) is 30.3 Å². The zero-order chi connectivity index (χ0) is 16.3. The van der Waals surface area contributed by atoms with Crippen LogP contribution in [0.1, 0.15) is 26.3 Å². The summed E-state index contributed by atoms with van der Waals surface area (Å²) < 4.78 is 38.1. The number of aromatic carboxylic acids is 1. The summed E-state index contributed by atoms with van der Waals surface area (Å²) in [6.45, 7) is 0. The molecule has 0 aromatic heterocycles. The van der Waals surface area contributed by atoms with Gasteiger partial charge >= 0.3 is 12.1 Å². The topological polar surface area (TPSA) is 66.4 Å². The lowest BCUT2D eigenvalue weighted by Gasteiger charge is -2.12. The number of halogens is 3. The van der Waals surface area contributed by atoms with E-state index < -0.39 is 34.7 Å². The summed E-state index contributed by atoms with van der Waals surface area (Å²) in [6, 6.07) is 9.94. The molecule has 1 amide bonds. The summed E-state index contributed by atoms with van der Waals surface area (Å²) in [4.78, 5) is 23.2. The monoisotopic (exact) mass is 309 g/mol. The maximum atomic E-state index is 12.7. The molecule has 2 rings (SSSR count). The quantitative estimate of drug-likeness (QED) is 0.909. The summed E-state index contributed by atoms with van der Waals surface area (Å²) >= 11 is 0. The van der Waals surface area contributed by atoms with Gasteiger partial charge in [-0.1, -0.05) is 18.2 Å². The van der Waals surface area contributed by atoms with E-state index >= 15 is 0 Å². The van der Waals surface area contributed by atoms with Crippen molar-refractivity contribution < 1.29 is 27.9 Å². The lowest BCUT2D eigenvalue weighted by molar-refractivity contribution is -0.137. The largest absolute Gasteiger partial charge is 0.478 e. The summed E-state index contributed by atoms with van der Waals surface area (Å²) in [7, 11) is 0. The van der Waals surface area contributed by atoms with E-state index in [2.05, 4.69) is 5.32 Å². The SMILES string of the molecule is O=C(O)c1ccc(C(F)(F)F)cc1C(=O)Nc1ccccc1. The Labute approximate surface area is 123 Å². The van der Waals surface area contributed by atoms with Gasteiger partial charge in [0, 0.05) is 5.69 Å². The molecule has 0 fully saturated rings. The fourth-order valence-electron chi connectivity index (χ4n) is 1.81. The Morgan fingerprint density at radius 3 is 2.14 bits per heavy atom. The van der Waals surface area contributed by atoms with E-state index in [0.717, 1.165) is 6.07 Å². The highest BCUT2D eigenvalue weighted by molar-refractivity contribution is 6.10. The lowest BCUT2D eigenvalue weighted by Crippen LogP contribution is -2.18. The van der Waals surface area contributed by atoms with Gasteiger partial charge in [-0.3, -0.25) is 4.79 Å². The average molecular weight is 309 g/mol. The van der Waals surface area contributed by atoms with E-state index in [-0.39, 0.29) is 0 Å². The van der Waals surface area contributed by atoms with Gasteiger partial charge in [-0.2, -0.15) is 13.2 Å². The fraction of sp³-hybridized carbons (Fsp3) is 0.0667. The Kier molecular flexibility index (Phi) is 4.16. The summed E-state index contributed by atoms with van der Waals surface area (Å²) in [5, 5.41) is 11.4. The molecule has 0 saturated carbocycles. The number of carboxylic acids is 1. The van der Waals surface area contributed by atoms with Gasteiger partial charge < -0.3 is 10.4 Å². The molecule has 0 bridgehead atoms. The second-order valence-corrected chi connectivity index (χ2v) is 4.38. The highest BCUT2D eigenvalue weighted by Crippen LogP contribution is 2.30. The highest BCUT2D eigenvalue weighted by Gasteiger charge is 2.32. The Balaban J connectivity index is 2.42. The van der Waals surface area contributed by atoms with Crippen LogP contribution in [-0.2, 0) is 6.18 Å². The summed E-state index contributed by atoms with van der Waals surface area (Å²) in [5.74, 6) is -2.40. The second-order valence-electron chi connectivity index (χ2n) is 4.38. The van der Waals surface area contributed by atoms with Crippen molar-refractivity contribution in [3.8, 4) is 0 Å². The van der Waals surface area contributed by atoms with Gasteiger partial charge in [0.2, 0.25) is 0 Å². The van der Waals surface area contributed by atoms with Crippen molar-refractivity contribution in [1.29, 1.82) is 0 Å². The fourth-order valence-corrected chi connectivity index (χ4v) is 1.81. The van der Waals surface area contributed by atoms with E-state index in [1.807, 2.05) is 0 Å². The molecule has 114 valence electrons. The van der Waals surface area contributed by atoms with Crippen molar-refractivity contribution in [3.05, 3.63) is 65.2 Å². The van der Waals surface area contributed by atoms with Crippen LogP contribution in [0.5, 0.6) is 0 Å². The standard InChI is InChI=1S/C15H10F3NO3/c16-15(17,18)9-6-7-11(14(21)22)12(8-9)13(20)19-10-4-2-1-3-5-10/h1-8H,(H,19,20)(H,21,22). The molecule has 0 radical (unpaired) electrons. The molecule has 4 nitrogen and oxygen atoms in total. The van der Waals surface area contributed by atoms with E-state index in [4.69, 9.17) is 5.11 Å². The summed E-state index contributed by atoms with van der Waals surface area (Å²) in [5.41, 5.74) is -1.79. The minimum atomic E-state index is -4.67. The van der Waals surface area contributed by atoms with Gasteiger partial charge in [0.1, 0.15) is 0 Å². The number of rotatable bonds is 3. The molecule has 0 saturated heterocycles. The molecule has 0 spiro atoms. The minimum absolute atomic E-state index is 0.348. The molecule has 0 aliphatic carbocycles. The first kappa shape index (κ1) is 15.6. The third-order valence-corrected chi connectivity index (χ3v) is 2.85. The van der Waals surface area contributed by atoms with Crippen LogP contribution < -0.4 is 5.32 Å². The van der Waals surface area contributed by atoms with Gasteiger partial charge in [0.25, 0.3) is 5.91 Å². The Bertz CT molecular complexity index is 712. The van der Waals surface area contributed by atoms with E-state index in [9.17, 15) is 22.8 Å². The van der Waals surface area contributed by atoms with Gasteiger partial charge in [0.05, 0.1) is 16.7 Å². The van der Waals surface area contributed by atoms with Crippen LogP contribution in [-0.4, -0.2) is 17.0 Å². The van der Waals surface area contributed by atoms with Crippen LogP contribution in [0.2, 0.25) is 0 Å². The van der Waals surface area contributed by atoms with Crippen molar-refractivity contribution in [2.75, 3.05) is 5.32 Å². The zero-order valence-electron chi connectivity index (χ0n) is 11.0. The maximum absolute atomic E-state index is 12.7. The molecular weight excluding hydrogens is 299 g/mol. The van der Waals surface area contributed by atoms with Crippen molar-refractivity contribution in [2.45, 2.75) is 6.18 Å². The van der Waals surface area contributed by atoms with E-state index in [1.54, 1.807) is 18.2 Å². The van der Waals surface area contributed by atoms with Crippen LogP contribution in [0.15, 0.2) is 48.5 Å². The van der Waals surface area contributed by atoms with Crippen molar-refractivity contribution in [2.24, 2.45) is 0 Å². The third-order valence-electron chi connectivity index (χ3n) is 2.85. The molecule has 2 N–H and O–H groups in total. The molecule has 22 heavy (non-hydrogen) atoms. The van der Waals surface area contributed by atoms with Crippen LogP contribution in [0, 0.1) is 0 Å². The first-order valence-corrected chi connectivity index (χ1v) is 6.10. The predicted molar refractivity (Wildman–Crippen MR) is 72.8 cm³/mol. The Morgan fingerprint density at radius 1 is 0.955 bits per heavy atom. The lowest BCUT2D eigenvalue weighted by atomic mass is 10.0. The number of alkyl halides is 3. The molecule has 2 aromatic carbocycles. The summed E-state index contributed by atoms with van der Waals surface area (Å²) in [6.07, 6.45) is -4.67. The first-order valence-electron chi connectivity index (χ1n) is 6.10. The normalized spacial score (nSPS) is 11.0. The number of nitrogens with one attached hydrogen (secondary N) is 1. The number of carboxylic acid groups (broad SMARTS) is 1. The number of anilines is 1. The number of carbonyl (C=O) groups excluding carboxylic acids is 1. The van der Waals surface area contributed by atoms with Crippen LogP contribution >= 0.6 is 0 Å². The van der Waals surface area contributed by atoms with Crippen molar-refractivity contribution in [3.63, 3.8) is 0 Å². The number of carbonyl (C=O) groups is 2. The molecule has 0 heterocycles. The zero-order valence-corrected chi connectivity index (χ0v) is 11.0. The average Bonchev–Trinajstić information content (AvgIpc) is 2.46.